The van der Waals surface area contributed by atoms with E-state index in [4.69, 9.17) is 5.11 Å². The van der Waals surface area contributed by atoms with Gasteiger partial charge in [0.1, 0.15) is 11.9 Å². The SMILES string of the molecule is CC(C)C[C@H](NC(=O)Nc1ccc(Br)c(F)c1)C(=O)O. The molecule has 2 amide bonds. The fraction of sp³-hybridized carbons (Fsp3) is 0.385. The standard InChI is InChI=1S/C13H16BrFN2O3/c1-7(2)5-11(12(18)19)17-13(20)16-8-3-4-9(14)10(15)6-8/h3-4,6-7,11H,5H2,1-2H3,(H,18,19)(H2,16,17,20)/t11-/m0/s1. The number of anilines is 1. The molecule has 110 valence electrons. The summed E-state index contributed by atoms with van der Waals surface area (Å²) < 4.78 is 13.6. The monoisotopic (exact) mass is 346 g/mol. The molecule has 0 heterocycles. The molecule has 0 saturated heterocycles. The maximum atomic E-state index is 13.3. The zero-order valence-electron chi connectivity index (χ0n) is 11.1. The van der Waals surface area contributed by atoms with Gasteiger partial charge in [-0.1, -0.05) is 13.8 Å². The summed E-state index contributed by atoms with van der Waals surface area (Å²) in [5.74, 6) is -1.49. The first-order valence-corrected chi connectivity index (χ1v) is 6.84. The zero-order valence-corrected chi connectivity index (χ0v) is 12.7. The Morgan fingerprint density at radius 2 is 2.05 bits per heavy atom. The molecule has 0 aliphatic rings. The Labute approximate surface area is 124 Å². The summed E-state index contributed by atoms with van der Waals surface area (Å²) in [6, 6.07) is 2.44. The van der Waals surface area contributed by atoms with Crippen molar-refractivity contribution in [2.45, 2.75) is 26.3 Å². The molecule has 1 rings (SSSR count). The summed E-state index contributed by atoms with van der Waals surface area (Å²) in [6.07, 6.45) is 0.317. The molecule has 7 heteroatoms. The van der Waals surface area contributed by atoms with Crippen molar-refractivity contribution in [1.29, 1.82) is 0 Å². The highest BCUT2D eigenvalue weighted by atomic mass is 79.9. The molecule has 0 radical (unpaired) electrons. The van der Waals surface area contributed by atoms with Gasteiger partial charge < -0.3 is 15.7 Å². The second kappa shape index (κ2) is 7.23. The Balaban J connectivity index is 2.65. The van der Waals surface area contributed by atoms with E-state index in [1.54, 1.807) is 0 Å². The lowest BCUT2D eigenvalue weighted by Crippen LogP contribution is -2.43. The highest BCUT2D eigenvalue weighted by molar-refractivity contribution is 9.10. The molecular formula is C13H16BrFN2O3. The topological polar surface area (TPSA) is 78.4 Å². The van der Waals surface area contributed by atoms with Gasteiger partial charge in [0.15, 0.2) is 0 Å². The lowest BCUT2D eigenvalue weighted by molar-refractivity contribution is -0.139. The predicted octanol–water partition coefficient (Wildman–Crippen LogP) is 3.21. The maximum Gasteiger partial charge on any atom is 0.326 e. The normalized spacial score (nSPS) is 12.1. The van der Waals surface area contributed by atoms with Crippen LogP contribution in [0.25, 0.3) is 0 Å². The average molecular weight is 347 g/mol. The van der Waals surface area contributed by atoms with E-state index < -0.39 is 23.9 Å². The number of aliphatic carboxylic acids is 1. The third-order valence-corrected chi connectivity index (χ3v) is 3.13. The van der Waals surface area contributed by atoms with Gasteiger partial charge in [-0.15, -0.1) is 0 Å². The Kier molecular flexibility index (Phi) is 5.94. The Morgan fingerprint density at radius 1 is 1.40 bits per heavy atom. The number of hydrogen-bond acceptors (Lipinski definition) is 2. The van der Waals surface area contributed by atoms with Crippen LogP contribution in [0.3, 0.4) is 0 Å². The largest absolute Gasteiger partial charge is 0.480 e. The van der Waals surface area contributed by atoms with Crippen LogP contribution in [0, 0.1) is 11.7 Å². The second-order valence-electron chi connectivity index (χ2n) is 4.75. The minimum Gasteiger partial charge on any atom is -0.480 e. The summed E-state index contributed by atoms with van der Waals surface area (Å²) in [7, 11) is 0. The van der Waals surface area contributed by atoms with Crippen LogP contribution in [0.4, 0.5) is 14.9 Å². The molecule has 0 aliphatic carbocycles. The van der Waals surface area contributed by atoms with Gasteiger partial charge in [0.2, 0.25) is 0 Å². The average Bonchev–Trinajstić information content (AvgIpc) is 2.32. The number of amides is 2. The Bertz CT molecular complexity index is 508. The summed E-state index contributed by atoms with van der Waals surface area (Å²) in [6.45, 7) is 3.72. The van der Waals surface area contributed by atoms with Crippen molar-refractivity contribution >= 4 is 33.6 Å². The van der Waals surface area contributed by atoms with E-state index in [-0.39, 0.29) is 16.1 Å². The van der Waals surface area contributed by atoms with E-state index in [9.17, 15) is 14.0 Å². The quantitative estimate of drug-likeness (QED) is 0.765. The number of hydrogen-bond donors (Lipinski definition) is 3. The van der Waals surface area contributed by atoms with E-state index >= 15 is 0 Å². The van der Waals surface area contributed by atoms with Gasteiger partial charge in [-0.3, -0.25) is 0 Å². The van der Waals surface area contributed by atoms with Gasteiger partial charge in [-0.25, -0.2) is 14.0 Å². The fourth-order valence-corrected chi connectivity index (χ4v) is 1.84. The smallest absolute Gasteiger partial charge is 0.326 e. The molecule has 1 aromatic rings. The number of urea groups is 1. The highest BCUT2D eigenvalue weighted by Gasteiger charge is 2.21. The van der Waals surface area contributed by atoms with Crippen molar-refractivity contribution < 1.29 is 19.1 Å². The van der Waals surface area contributed by atoms with Crippen LogP contribution in [-0.4, -0.2) is 23.1 Å². The first kappa shape index (κ1) is 16.4. The Hall–Kier alpha value is -1.63. The van der Waals surface area contributed by atoms with Crippen molar-refractivity contribution in [3.8, 4) is 0 Å². The van der Waals surface area contributed by atoms with E-state index in [0.29, 0.717) is 6.42 Å². The molecule has 1 aromatic carbocycles. The minimum absolute atomic E-state index is 0.126. The molecular weight excluding hydrogens is 331 g/mol. The van der Waals surface area contributed by atoms with Gasteiger partial charge in [0.05, 0.1) is 4.47 Å². The molecule has 0 aromatic heterocycles. The van der Waals surface area contributed by atoms with Crippen LogP contribution in [-0.2, 0) is 4.79 Å². The van der Waals surface area contributed by atoms with Gasteiger partial charge >= 0.3 is 12.0 Å². The van der Waals surface area contributed by atoms with Gasteiger partial charge in [0, 0.05) is 5.69 Å². The van der Waals surface area contributed by atoms with E-state index in [1.807, 2.05) is 13.8 Å². The van der Waals surface area contributed by atoms with Gasteiger partial charge in [-0.05, 0) is 46.5 Å². The first-order valence-electron chi connectivity index (χ1n) is 6.05. The van der Waals surface area contributed by atoms with Crippen LogP contribution in [0.2, 0.25) is 0 Å². The summed E-state index contributed by atoms with van der Waals surface area (Å²) >= 11 is 3.00. The molecule has 0 bridgehead atoms. The van der Waals surface area contributed by atoms with Crippen LogP contribution in [0.15, 0.2) is 22.7 Å². The van der Waals surface area contributed by atoms with Crippen LogP contribution in [0.5, 0.6) is 0 Å². The van der Waals surface area contributed by atoms with Crippen LogP contribution in [0.1, 0.15) is 20.3 Å². The number of halogens is 2. The Morgan fingerprint density at radius 3 is 2.55 bits per heavy atom. The first-order chi connectivity index (χ1) is 9.29. The summed E-state index contributed by atoms with van der Waals surface area (Å²) in [5.41, 5.74) is 0.247. The molecule has 0 spiro atoms. The predicted molar refractivity (Wildman–Crippen MR) is 77.1 cm³/mol. The molecule has 0 aliphatic heterocycles. The molecule has 0 unspecified atom stereocenters. The molecule has 20 heavy (non-hydrogen) atoms. The molecule has 0 saturated carbocycles. The van der Waals surface area contributed by atoms with Crippen molar-refractivity contribution in [3.05, 3.63) is 28.5 Å². The third kappa shape index (κ3) is 5.16. The summed E-state index contributed by atoms with van der Waals surface area (Å²) in [4.78, 5) is 22.7. The number of carboxylic acids is 1. The number of carboxylic acid groups (broad SMARTS) is 1. The van der Waals surface area contributed by atoms with E-state index in [0.717, 1.165) is 6.07 Å². The number of carbonyl (C=O) groups is 2. The second-order valence-corrected chi connectivity index (χ2v) is 5.60. The number of rotatable bonds is 5. The highest BCUT2D eigenvalue weighted by Crippen LogP contribution is 2.19. The van der Waals surface area contributed by atoms with Crippen molar-refractivity contribution in [2.24, 2.45) is 5.92 Å². The van der Waals surface area contributed by atoms with Crippen LogP contribution >= 0.6 is 15.9 Å². The minimum atomic E-state index is -1.10. The summed E-state index contributed by atoms with van der Waals surface area (Å²) in [5, 5.41) is 13.7. The van der Waals surface area contributed by atoms with Gasteiger partial charge in [0.25, 0.3) is 0 Å². The maximum absolute atomic E-state index is 13.3. The molecule has 1 atom stereocenters. The van der Waals surface area contributed by atoms with E-state index in [2.05, 4.69) is 26.6 Å². The molecule has 5 nitrogen and oxygen atoms in total. The van der Waals surface area contributed by atoms with Crippen molar-refractivity contribution in [1.82, 2.24) is 5.32 Å². The number of carbonyl (C=O) groups excluding carboxylic acids is 1. The fourth-order valence-electron chi connectivity index (χ4n) is 1.59. The number of nitrogens with one attached hydrogen (secondary N) is 2. The third-order valence-electron chi connectivity index (χ3n) is 2.49. The zero-order chi connectivity index (χ0) is 15.3. The molecule has 3 N–H and O–H groups in total. The van der Waals surface area contributed by atoms with Crippen molar-refractivity contribution in [2.75, 3.05) is 5.32 Å². The lowest BCUT2D eigenvalue weighted by atomic mass is 10.0. The van der Waals surface area contributed by atoms with Gasteiger partial charge in [-0.2, -0.15) is 0 Å². The number of benzene rings is 1. The molecule has 0 fully saturated rings. The van der Waals surface area contributed by atoms with Crippen molar-refractivity contribution in [3.63, 3.8) is 0 Å². The van der Waals surface area contributed by atoms with Crippen LogP contribution < -0.4 is 10.6 Å². The van der Waals surface area contributed by atoms with E-state index in [1.165, 1.54) is 12.1 Å². The lowest BCUT2D eigenvalue weighted by Gasteiger charge is -2.17.